The SMILES string of the molecule is CC(NC(=O)c1cccc(C(=O)NCCc2ccccc2)c1)c1ccccc1. The lowest BCUT2D eigenvalue weighted by atomic mass is 10.1. The number of nitrogens with one attached hydrogen (secondary N) is 2. The van der Waals surface area contributed by atoms with Crippen molar-refractivity contribution < 1.29 is 9.59 Å². The van der Waals surface area contributed by atoms with Crippen LogP contribution in [0.1, 0.15) is 44.8 Å². The molecule has 0 fully saturated rings. The smallest absolute Gasteiger partial charge is 0.251 e. The summed E-state index contributed by atoms with van der Waals surface area (Å²) in [6, 6.07) is 26.5. The van der Waals surface area contributed by atoms with Crippen LogP contribution in [-0.2, 0) is 6.42 Å². The maximum Gasteiger partial charge on any atom is 0.251 e. The molecule has 4 heteroatoms. The summed E-state index contributed by atoms with van der Waals surface area (Å²) in [7, 11) is 0. The van der Waals surface area contributed by atoms with Gasteiger partial charge in [0.15, 0.2) is 0 Å². The van der Waals surface area contributed by atoms with E-state index in [4.69, 9.17) is 0 Å². The number of hydrogen-bond acceptors (Lipinski definition) is 2. The second-order valence-corrected chi connectivity index (χ2v) is 6.68. The van der Waals surface area contributed by atoms with Gasteiger partial charge in [0.2, 0.25) is 0 Å². The van der Waals surface area contributed by atoms with Crippen molar-refractivity contribution in [2.24, 2.45) is 0 Å². The first kappa shape index (κ1) is 19.4. The highest BCUT2D eigenvalue weighted by molar-refractivity contribution is 5.99. The maximum atomic E-state index is 12.6. The number of hydrogen-bond donors (Lipinski definition) is 2. The van der Waals surface area contributed by atoms with E-state index in [9.17, 15) is 9.59 Å². The van der Waals surface area contributed by atoms with Crippen LogP contribution in [-0.4, -0.2) is 18.4 Å². The van der Waals surface area contributed by atoms with Gasteiger partial charge in [-0.15, -0.1) is 0 Å². The molecule has 0 heterocycles. The Kier molecular flexibility index (Phi) is 6.58. The van der Waals surface area contributed by atoms with Crippen LogP contribution in [0, 0.1) is 0 Å². The molecule has 3 aromatic rings. The second-order valence-electron chi connectivity index (χ2n) is 6.68. The Bertz CT molecular complexity index is 924. The third kappa shape index (κ3) is 5.30. The number of carbonyl (C=O) groups is 2. The van der Waals surface area contributed by atoms with Crippen molar-refractivity contribution in [3.63, 3.8) is 0 Å². The van der Waals surface area contributed by atoms with Gasteiger partial charge in [-0.3, -0.25) is 9.59 Å². The molecule has 0 saturated carbocycles. The summed E-state index contributed by atoms with van der Waals surface area (Å²) in [4.78, 5) is 25.0. The highest BCUT2D eigenvalue weighted by atomic mass is 16.2. The Hall–Kier alpha value is -3.40. The van der Waals surface area contributed by atoms with Gasteiger partial charge in [-0.1, -0.05) is 66.7 Å². The van der Waals surface area contributed by atoms with Gasteiger partial charge in [0, 0.05) is 17.7 Å². The Morgan fingerprint density at radius 3 is 2.07 bits per heavy atom. The normalized spacial score (nSPS) is 11.5. The van der Waals surface area contributed by atoms with Gasteiger partial charge in [-0.05, 0) is 42.7 Å². The molecule has 0 aliphatic heterocycles. The van der Waals surface area contributed by atoms with E-state index < -0.39 is 0 Å². The van der Waals surface area contributed by atoms with Gasteiger partial charge in [0.05, 0.1) is 6.04 Å². The van der Waals surface area contributed by atoms with Gasteiger partial charge in [-0.25, -0.2) is 0 Å². The predicted molar refractivity (Wildman–Crippen MR) is 111 cm³/mol. The van der Waals surface area contributed by atoms with Crippen LogP contribution in [0.4, 0.5) is 0 Å². The molecule has 1 unspecified atom stereocenters. The van der Waals surface area contributed by atoms with Crippen molar-refractivity contribution in [1.29, 1.82) is 0 Å². The molecular formula is C24H24N2O2. The van der Waals surface area contributed by atoms with Gasteiger partial charge >= 0.3 is 0 Å². The Balaban J connectivity index is 1.58. The van der Waals surface area contributed by atoms with E-state index >= 15 is 0 Å². The molecule has 0 saturated heterocycles. The first-order valence-electron chi connectivity index (χ1n) is 9.41. The second kappa shape index (κ2) is 9.51. The van der Waals surface area contributed by atoms with Crippen molar-refractivity contribution >= 4 is 11.8 Å². The molecule has 0 aromatic heterocycles. The number of benzene rings is 3. The Labute approximate surface area is 165 Å². The van der Waals surface area contributed by atoms with Gasteiger partial charge < -0.3 is 10.6 Å². The molecule has 0 radical (unpaired) electrons. The van der Waals surface area contributed by atoms with Crippen molar-refractivity contribution in [2.45, 2.75) is 19.4 Å². The van der Waals surface area contributed by atoms with E-state index in [0.717, 1.165) is 12.0 Å². The summed E-state index contributed by atoms with van der Waals surface area (Å²) >= 11 is 0. The molecule has 0 aliphatic carbocycles. The summed E-state index contributed by atoms with van der Waals surface area (Å²) in [5.41, 5.74) is 3.16. The lowest BCUT2D eigenvalue weighted by Crippen LogP contribution is -2.28. The van der Waals surface area contributed by atoms with E-state index in [0.29, 0.717) is 17.7 Å². The van der Waals surface area contributed by atoms with E-state index in [1.54, 1.807) is 24.3 Å². The summed E-state index contributed by atoms with van der Waals surface area (Å²) in [6.45, 7) is 2.48. The minimum Gasteiger partial charge on any atom is -0.352 e. The van der Waals surface area contributed by atoms with Crippen LogP contribution in [0.2, 0.25) is 0 Å². The Morgan fingerprint density at radius 1 is 0.786 bits per heavy atom. The zero-order chi connectivity index (χ0) is 19.8. The van der Waals surface area contributed by atoms with Crippen LogP contribution in [0.25, 0.3) is 0 Å². The molecule has 28 heavy (non-hydrogen) atoms. The zero-order valence-electron chi connectivity index (χ0n) is 15.9. The molecule has 0 spiro atoms. The molecular weight excluding hydrogens is 348 g/mol. The molecule has 4 nitrogen and oxygen atoms in total. The standard InChI is InChI=1S/C24H24N2O2/c1-18(20-11-6-3-7-12-20)26-24(28)22-14-8-13-21(17-22)23(27)25-16-15-19-9-4-2-5-10-19/h2-14,17-18H,15-16H2,1H3,(H,25,27)(H,26,28). The van der Waals surface area contributed by atoms with Gasteiger partial charge in [0.25, 0.3) is 11.8 Å². The predicted octanol–water partition coefficient (Wildman–Crippen LogP) is 4.15. The monoisotopic (exact) mass is 372 g/mol. The van der Waals surface area contributed by atoms with Gasteiger partial charge in [-0.2, -0.15) is 0 Å². The fourth-order valence-electron chi connectivity index (χ4n) is 2.97. The minimum absolute atomic E-state index is 0.114. The maximum absolute atomic E-state index is 12.6. The van der Waals surface area contributed by atoms with Crippen LogP contribution >= 0.6 is 0 Å². The van der Waals surface area contributed by atoms with Gasteiger partial charge in [0.1, 0.15) is 0 Å². The number of rotatable bonds is 7. The summed E-state index contributed by atoms with van der Waals surface area (Å²) < 4.78 is 0. The highest BCUT2D eigenvalue weighted by Gasteiger charge is 2.13. The third-order valence-corrected chi connectivity index (χ3v) is 4.58. The van der Waals surface area contributed by atoms with Crippen molar-refractivity contribution in [3.8, 4) is 0 Å². The van der Waals surface area contributed by atoms with E-state index in [1.807, 2.05) is 67.6 Å². The van der Waals surface area contributed by atoms with E-state index in [1.165, 1.54) is 5.56 Å². The molecule has 2 amide bonds. The van der Waals surface area contributed by atoms with Crippen molar-refractivity contribution in [2.75, 3.05) is 6.54 Å². The summed E-state index contributed by atoms with van der Waals surface area (Å²) in [6.07, 6.45) is 0.765. The summed E-state index contributed by atoms with van der Waals surface area (Å²) in [5, 5.41) is 5.88. The lowest BCUT2D eigenvalue weighted by Gasteiger charge is -2.14. The van der Waals surface area contributed by atoms with E-state index in [2.05, 4.69) is 10.6 Å². The van der Waals surface area contributed by atoms with Crippen LogP contribution in [0.5, 0.6) is 0 Å². The molecule has 3 rings (SSSR count). The number of carbonyl (C=O) groups excluding carboxylic acids is 2. The number of amides is 2. The lowest BCUT2D eigenvalue weighted by molar-refractivity contribution is 0.0940. The minimum atomic E-state index is -0.199. The molecule has 2 N–H and O–H groups in total. The average molecular weight is 372 g/mol. The Morgan fingerprint density at radius 2 is 1.39 bits per heavy atom. The van der Waals surface area contributed by atoms with Crippen LogP contribution < -0.4 is 10.6 Å². The zero-order valence-corrected chi connectivity index (χ0v) is 15.9. The molecule has 0 aliphatic rings. The van der Waals surface area contributed by atoms with Crippen molar-refractivity contribution in [1.82, 2.24) is 10.6 Å². The molecule has 1 atom stereocenters. The first-order valence-corrected chi connectivity index (χ1v) is 9.41. The van der Waals surface area contributed by atoms with Crippen LogP contribution in [0.3, 0.4) is 0 Å². The molecule has 142 valence electrons. The average Bonchev–Trinajstić information content (AvgIpc) is 2.75. The van der Waals surface area contributed by atoms with Crippen molar-refractivity contribution in [3.05, 3.63) is 107 Å². The largest absolute Gasteiger partial charge is 0.352 e. The summed E-state index contributed by atoms with van der Waals surface area (Å²) in [5.74, 6) is -0.378. The topological polar surface area (TPSA) is 58.2 Å². The fraction of sp³-hybridized carbons (Fsp3) is 0.167. The fourth-order valence-corrected chi connectivity index (χ4v) is 2.97. The first-order chi connectivity index (χ1) is 13.6. The molecule has 3 aromatic carbocycles. The third-order valence-electron chi connectivity index (χ3n) is 4.58. The quantitative estimate of drug-likeness (QED) is 0.655. The molecule has 0 bridgehead atoms. The highest BCUT2D eigenvalue weighted by Crippen LogP contribution is 2.13. The van der Waals surface area contributed by atoms with E-state index in [-0.39, 0.29) is 17.9 Å². The van der Waals surface area contributed by atoms with Crippen LogP contribution in [0.15, 0.2) is 84.9 Å².